The summed E-state index contributed by atoms with van der Waals surface area (Å²) >= 11 is 12.4. The second-order valence-electron chi connectivity index (χ2n) is 6.15. The predicted molar refractivity (Wildman–Crippen MR) is 109 cm³/mol. The molecule has 3 nitrogen and oxygen atoms in total. The van der Waals surface area contributed by atoms with E-state index in [-0.39, 0.29) is 11.6 Å². The minimum Gasteiger partial charge on any atom is -0.487 e. The van der Waals surface area contributed by atoms with Crippen LogP contribution in [-0.2, 0) is 6.61 Å². The van der Waals surface area contributed by atoms with Crippen molar-refractivity contribution in [3.05, 3.63) is 98.6 Å². The molecule has 0 amide bonds. The van der Waals surface area contributed by atoms with Crippen molar-refractivity contribution in [2.75, 3.05) is 0 Å². The van der Waals surface area contributed by atoms with Gasteiger partial charge in [-0.3, -0.25) is 0 Å². The molecule has 0 radical (unpaired) electrons. The monoisotopic (exact) mass is 414 g/mol. The number of benzene rings is 3. The molecule has 0 saturated carbocycles. The molecule has 1 heterocycles. The quantitative estimate of drug-likeness (QED) is 0.358. The maximum atomic E-state index is 13.2. The van der Waals surface area contributed by atoms with E-state index in [1.54, 1.807) is 18.2 Å². The van der Waals surface area contributed by atoms with Gasteiger partial charge in [0.05, 0.1) is 10.0 Å². The lowest BCUT2D eigenvalue weighted by atomic mass is 10.0. The third-order valence-corrected chi connectivity index (χ3v) is 4.93. The van der Waals surface area contributed by atoms with Crippen LogP contribution in [0.15, 0.2) is 75.9 Å². The van der Waals surface area contributed by atoms with E-state index in [2.05, 4.69) is 0 Å². The van der Waals surface area contributed by atoms with E-state index in [0.29, 0.717) is 27.3 Å². The largest absolute Gasteiger partial charge is 0.487 e. The highest BCUT2D eigenvalue weighted by atomic mass is 35.5. The van der Waals surface area contributed by atoms with Gasteiger partial charge >= 0.3 is 5.63 Å². The Morgan fingerprint density at radius 1 is 0.929 bits per heavy atom. The van der Waals surface area contributed by atoms with Crippen LogP contribution in [0.4, 0.5) is 4.39 Å². The molecule has 0 aliphatic rings. The van der Waals surface area contributed by atoms with Crippen molar-refractivity contribution >= 4 is 34.2 Å². The second kappa shape index (κ2) is 7.66. The lowest BCUT2D eigenvalue weighted by molar-refractivity contribution is 0.306. The summed E-state index contributed by atoms with van der Waals surface area (Å²) in [6.45, 7) is 0.0902. The van der Waals surface area contributed by atoms with Crippen LogP contribution in [0.5, 0.6) is 5.75 Å². The van der Waals surface area contributed by atoms with Gasteiger partial charge in [-0.25, -0.2) is 9.18 Å². The molecule has 0 aliphatic carbocycles. The van der Waals surface area contributed by atoms with Gasteiger partial charge < -0.3 is 9.15 Å². The molecule has 0 N–H and O–H groups in total. The molecule has 1 aromatic heterocycles. The standard InChI is InChI=1S/C22H13Cl2FO3/c23-18-8-15(25)7-6-14(18)12-27-21-11-20-17(9-19(21)24)16(10-22(26)28-20)13-4-2-1-3-5-13/h1-11H,12H2. The zero-order valence-corrected chi connectivity index (χ0v) is 15.9. The molecule has 28 heavy (non-hydrogen) atoms. The van der Waals surface area contributed by atoms with Crippen molar-refractivity contribution < 1.29 is 13.5 Å². The normalized spacial score (nSPS) is 11.0. The van der Waals surface area contributed by atoms with Gasteiger partial charge in [0, 0.05) is 23.1 Å². The fourth-order valence-electron chi connectivity index (χ4n) is 2.92. The van der Waals surface area contributed by atoms with E-state index in [1.165, 1.54) is 18.2 Å². The van der Waals surface area contributed by atoms with Gasteiger partial charge in [-0.05, 0) is 29.3 Å². The maximum Gasteiger partial charge on any atom is 0.336 e. The Morgan fingerprint density at radius 3 is 2.46 bits per heavy atom. The Bertz CT molecular complexity index is 1220. The molecular formula is C22H13Cl2FO3. The molecule has 4 aromatic rings. The van der Waals surface area contributed by atoms with E-state index in [0.717, 1.165) is 11.1 Å². The van der Waals surface area contributed by atoms with Gasteiger partial charge in [0.1, 0.15) is 23.8 Å². The number of ether oxygens (including phenoxy) is 1. The van der Waals surface area contributed by atoms with Gasteiger partial charge in [0.15, 0.2) is 0 Å². The summed E-state index contributed by atoms with van der Waals surface area (Å²) in [5, 5.41) is 1.31. The number of hydrogen-bond donors (Lipinski definition) is 0. The Hall–Kier alpha value is -2.82. The molecular weight excluding hydrogens is 402 g/mol. The molecule has 3 aromatic carbocycles. The number of fused-ring (bicyclic) bond motifs is 1. The first-order chi connectivity index (χ1) is 13.5. The fraction of sp³-hybridized carbons (Fsp3) is 0.0455. The summed E-state index contributed by atoms with van der Waals surface area (Å²) in [5.74, 6) is -0.0874. The summed E-state index contributed by atoms with van der Waals surface area (Å²) in [5.41, 5.74) is 2.10. The summed E-state index contributed by atoms with van der Waals surface area (Å²) in [6.07, 6.45) is 0. The van der Waals surface area contributed by atoms with Gasteiger partial charge in [-0.2, -0.15) is 0 Å². The third-order valence-electron chi connectivity index (χ3n) is 4.28. The summed E-state index contributed by atoms with van der Waals surface area (Å²) in [6, 6.07) is 18.3. The van der Waals surface area contributed by atoms with Crippen molar-refractivity contribution in [1.82, 2.24) is 0 Å². The Kier molecular flexibility index (Phi) is 5.07. The van der Waals surface area contributed by atoms with Crippen LogP contribution in [0.25, 0.3) is 22.1 Å². The van der Waals surface area contributed by atoms with Crippen LogP contribution < -0.4 is 10.4 Å². The maximum absolute atomic E-state index is 13.2. The highest BCUT2D eigenvalue weighted by molar-refractivity contribution is 6.33. The minimum atomic E-state index is -0.471. The molecule has 0 aliphatic heterocycles. The SMILES string of the molecule is O=c1cc(-c2ccccc2)c2cc(Cl)c(OCc3ccc(F)cc3Cl)cc2o1. The molecule has 4 rings (SSSR count). The van der Waals surface area contributed by atoms with E-state index in [1.807, 2.05) is 30.3 Å². The number of rotatable bonds is 4. The topological polar surface area (TPSA) is 39.4 Å². The molecule has 140 valence electrons. The molecule has 0 bridgehead atoms. The summed E-state index contributed by atoms with van der Waals surface area (Å²) < 4.78 is 24.3. The van der Waals surface area contributed by atoms with Crippen LogP contribution in [0.1, 0.15) is 5.56 Å². The molecule has 0 fully saturated rings. The molecule has 0 atom stereocenters. The third kappa shape index (κ3) is 3.75. The van der Waals surface area contributed by atoms with Gasteiger partial charge in [0.2, 0.25) is 0 Å². The van der Waals surface area contributed by atoms with Gasteiger partial charge in [-0.15, -0.1) is 0 Å². The Labute approximate surface area is 169 Å². The van der Waals surface area contributed by atoms with E-state index < -0.39 is 11.4 Å². The van der Waals surface area contributed by atoms with Crippen molar-refractivity contribution in [3.63, 3.8) is 0 Å². The van der Waals surface area contributed by atoms with Gasteiger partial charge in [0.25, 0.3) is 0 Å². The number of halogens is 3. The van der Waals surface area contributed by atoms with Crippen molar-refractivity contribution in [3.8, 4) is 16.9 Å². The summed E-state index contributed by atoms with van der Waals surface area (Å²) in [4.78, 5) is 12.0. The van der Waals surface area contributed by atoms with Gasteiger partial charge in [-0.1, -0.05) is 59.6 Å². The molecule has 0 unspecified atom stereocenters. The zero-order chi connectivity index (χ0) is 19.7. The lowest BCUT2D eigenvalue weighted by Crippen LogP contribution is -2.00. The molecule has 0 spiro atoms. The number of hydrogen-bond acceptors (Lipinski definition) is 3. The lowest BCUT2D eigenvalue weighted by Gasteiger charge is -2.12. The van der Waals surface area contributed by atoms with Crippen LogP contribution in [0, 0.1) is 5.82 Å². The first-order valence-electron chi connectivity index (χ1n) is 8.41. The van der Waals surface area contributed by atoms with Crippen LogP contribution in [0.2, 0.25) is 10.0 Å². The zero-order valence-electron chi connectivity index (χ0n) is 14.4. The van der Waals surface area contributed by atoms with Crippen molar-refractivity contribution in [2.24, 2.45) is 0 Å². The average Bonchev–Trinajstić information content (AvgIpc) is 2.68. The van der Waals surface area contributed by atoms with E-state index >= 15 is 0 Å². The predicted octanol–water partition coefficient (Wildman–Crippen LogP) is 6.48. The van der Waals surface area contributed by atoms with Crippen molar-refractivity contribution in [2.45, 2.75) is 6.61 Å². The average molecular weight is 415 g/mol. The van der Waals surface area contributed by atoms with Crippen molar-refractivity contribution in [1.29, 1.82) is 0 Å². The molecule has 0 saturated heterocycles. The van der Waals surface area contributed by atoms with E-state index in [9.17, 15) is 9.18 Å². The van der Waals surface area contributed by atoms with Crippen LogP contribution >= 0.6 is 23.2 Å². The summed E-state index contributed by atoms with van der Waals surface area (Å²) in [7, 11) is 0. The van der Waals surface area contributed by atoms with Crippen LogP contribution in [-0.4, -0.2) is 0 Å². The highest BCUT2D eigenvalue weighted by Gasteiger charge is 2.13. The Morgan fingerprint density at radius 2 is 1.71 bits per heavy atom. The van der Waals surface area contributed by atoms with Crippen LogP contribution in [0.3, 0.4) is 0 Å². The Balaban J connectivity index is 1.73. The van der Waals surface area contributed by atoms with E-state index in [4.69, 9.17) is 32.4 Å². The minimum absolute atomic E-state index is 0.0902. The molecule has 6 heteroatoms. The smallest absolute Gasteiger partial charge is 0.336 e. The first-order valence-corrected chi connectivity index (χ1v) is 9.16. The first kappa shape index (κ1) is 18.5. The fourth-order valence-corrected chi connectivity index (χ4v) is 3.36. The highest BCUT2D eigenvalue weighted by Crippen LogP contribution is 2.35. The second-order valence-corrected chi connectivity index (χ2v) is 6.96.